The van der Waals surface area contributed by atoms with Gasteiger partial charge in [0.15, 0.2) is 0 Å². The smallest absolute Gasteiger partial charge is 0.268 e. The van der Waals surface area contributed by atoms with Crippen LogP contribution in [0, 0.1) is 0 Å². The van der Waals surface area contributed by atoms with E-state index >= 15 is 0 Å². The highest BCUT2D eigenvalue weighted by atomic mass is 16.3. The van der Waals surface area contributed by atoms with Crippen LogP contribution in [0.2, 0.25) is 0 Å². The Labute approximate surface area is 102 Å². The van der Waals surface area contributed by atoms with Crippen molar-refractivity contribution in [2.24, 2.45) is 7.05 Å². The summed E-state index contributed by atoms with van der Waals surface area (Å²) < 4.78 is 1.69. The fourth-order valence-corrected chi connectivity index (χ4v) is 1.73. The van der Waals surface area contributed by atoms with Gasteiger partial charge >= 0.3 is 0 Å². The number of hydrogen-bond acceptors (Lipinski definition) is 3. The van der Waals surface area contributed by atoms with Gasteiger partial charge in [-0.3, -0.25) is 4.79 Å². The van der Waals surface area contributed by atoms with Gasteiger partial charge in [0.1, 0.15) is 5.69 Å². The summed E-state index contributed by atoms with van der Waals surface area (Å²) in [5.41, 5.74) is 6.34. The van der Waals surface area contributed by atoms with Gasteiger partial charge < -0.3 is 20.7 Å². The molecular formula is C12H21N3O2. The minimum absolute atomic E-state index is 0.0555. The molecule has 0 aliphatic heterocycles. The van der Waals surface area contributed by atoms with E-state index < -0.39 is 0 Å². The van der Waals surface area contributed by atoms with Crippen LogP contribution in [-0.4, -0.2) is 27.7 Å². The van der Waals surface area contributed by atoms with E-state index in [1.807, 2.05) is 13.8 Å². The van der Waals surface area contributed by atoms with Crippen LogP contribution in [0.5, 0.6) is 0 Å². The van der Waals surface area contributed by atoms with E-state index in [-0.39, 0.29) is 18.1 Å². The molecule has 0 spiro atoms. The number of nitrogens with two attached hydrogens (primary N) is 1. The lowest BCUT2D eigenvalue weighted by atomic mass is 9.95. The van der Waals surface area contributed by atoms with E-state index in [1.165, 1.54) is 0 Å². The zero-order valence-corrected chi connectivity index (χ0v) is 10.7. The first-order valence-corrected chi connectivity index (χ1v) is 5.77. The molecular weight excluding hydrogens is 218 g/mol. The van der Waals surface area contributed by atoms with Crippen LogP contribution in [0.3, 0.4) is 0 Å². The largest absolute Gasteiger partial charge is 0.397 e. The van der Waals surface area contributed by atoms with Gasteiger partial charge in [-0.05, 0) is 25.8 Å². The fourth-order valence-electron chi connectivity index (χ4n) is 1.73. The Kier molecular flexibility index (Phi) is 4.17. The Morgan fingerprint density at radius 2 is 2.29 bits per heavy atom. The second-order valence-corrected chi connectivity index (χ2v) is 4.61. The lowest BCUT2D eigenvalue weighted by molar-refractivity contribution is 0.0878. The van der Waals surface area contributed by atoms with Crippen LogP contribution in [0.25, 0.3) is 0 Å². The van der Waals surface area contributed by atoms with Gasteiger partial charge in [-0.1, -0.05) is 6.92 Å². The van der Waals surface area contributed by atoms with Crippen molar-refractivity contribution in [3.05, 3.63) is 18.0 Å². The predicted molar refractivity (Wildman–Crippen MR) is 67.7 cm³/mol. The first-order chi connectivity index (χ1) is 7.91. The van der Waals surface area contributed by atoms with Crippen molar-refractivity contribution < 1.29 is 9.90 Å². The average Bonchev–Trinajstić information content (AvgIpc) is 2.58. The zero-order valence-electron chi connectivity index (χ0n) is 10.7. The summed E-state index contributed by atoms with van der Waals surface area (Å²) in [6, 6.07) is 1.64. The molecule has 0 saturated heterocycles. The van der Waals surface area contributed by atoms with Gasteiger partial charge in [-0.2, -0.15) is 0 Å². The minimum Gasteiger partial charge on any atom is -0.397 e. The van der Waals surface area contributed by atoms with Crippen molar-refractivity contribution in [3.8, 4) is 0 Å². The highest BCUT2D eigenvalue weighted by Crippen LogP contribution is 2.16. The second-order valence-electron chi connectivity index (χ2n) is 4.61. The number of hydrogen-bond donors (Lipinski definition) is 3. The third kappa shape index (κ3) is 3.23. The van der Waals surface area contributed by atoms with Crippen LogP contribution in [-0.2, 0) is 7.05 Å². The summed E-state index contributed by atoms with van der Waals surface area (Å²) in [6.45, 7) is 3.96. The number of carbonyl (C=O) groups is 1. The molecule has 4 N–H and O–H groups in total. The topological polar surface area (TPSA) is 80.3 Å². The molecule has 0 saturated carbocycles. The third-order valence-corrected chi connectivity index (χ3v) is 3.12. The molecule has 1 amide bonds. The third-order valence-electron chi connectivity index (χ3n) is 3.12. The van der Waals surface area contributed by atoms with Crippen LogP contribution < -0.4 is 11.1 Å². The van der Waals surface area contributed by atoms with E-state index in [1.54, 1.807) is 23.9 Å². The number of aliphatic hydroxyl groups excluding tert-OH is 1. The van der Waals surface area contributed by atoms with Crippen molar-refractivity contribution >= 4 is 11.6 Å². The normalized spacial score (nSPS) is 14.4. The van der Waals surface area contributed by atoms with E-state index in [0.29, 0.717) is 17.8 Å². The van der Waals surface area contributed by atoms with Gasteiger partial charge in [-0.25, -0.2) is 0 Å². The Morgan fingerprint density at radius 1 is 1.65 bits per heavy atom. The highest BCUT2D eigenvalue weighted by molar-refractivity contribution is 5.94. The number of amides is 1. The molecule has 5 nitrogen and oxygen atoms in total. The van der Waals surface area contributed by atoms with Crippen molar-refractivity contribution in [2.75, 3.05) is 12.3 Å². The number of nitrogen functional groups attached to an aromatic ring is 1. The summed E-state index contributed by atoms with van der Waals surface area (Å²) in [5, 5.41) is 11.9. The molecule has 96 valence electrons. The first-order valence-electron chi connectivity index (χ1n) is 5.77. The molecule has 0 radical (unpaired) electrons. The van der Waals surface area contributed by atoms with Crippen molar-refractivity contribution in [2.45, 2.75) is 32.2 Å². The van der Waals surface area contributed by atoms with E-state index in [0.717, 1.165) is 6.42 Å². The Morgan fingerprint density at radius 3 is 2.71 bits per heavy atom. The van der Waals surface area contributed by atoms with Crippen molar-refractivity contribution in [1.82, 2.24) is 9.88 Å². The maximum atomic E-state index is 12.1. The van der Waals surface area contributed by atoms with Crippen molar-refractivity contribution in [1.29, 1.82) is 0 Å². The summed E-state index contributed by atoms with van der Waals surface area (Å²) in [7, 11) is 1.78. The first kappa shape index (κ1) is 13.6. The quantitative estimate of drug-likeness (QED) is 0.713. The Bertz CT molecular complexity index is 400. The molecule has 1 unspecified atom stereocenters. The molecule has 1 aromatic rings. The molecule has 0 fully saturated rings. The molecule has 17 heavy (non-hydrogen) atoms. The van der Waals surface area contributed by atoms with Crippen LogP contribution in [0.4, 0.5) is 5.69 Å². The predicted octanol–water partition coefficient (Wildman–Crippen LogP) is 0.888. The lowest BCUT2D eigenvalue weighted by Gasteiger charge is -2.29. The van der Waals surface area contributed by atoms with E-state index in [9.17, 15) is 4.79 Å². The number of rotatable bonds is 5. The van der Waals surface area contributed by atoms with Gasteiger partial charge in [0, 0.05) is 25.4 Å². The summed E-state index contributed by atoms with van der Waals surface area (Å²) in [5.74, 6) is -0.165. The summed E-state index contributed by atoms with van der Waals surface area (Å²) >= 11 is 0. The SMILES string of the molecule is CCC(C)(CCO)NC(=O)c1cc(N)cn1C. The van der Waals surface area contributed by atoms with Gasteiger partial charge in [-0.15, -0.1) is 0 Å². The number of nitrogens with one attached hydrogen (secondary N) is 1. The molecule has 1 heterocycles. The van der Waals surface area contributed by atoms with E-state index in [4.69, 9.17) is 10.8 Å². The molecule has 0 aliphatic rings. The number of aliphatic hydroxyl groups is 1. The average molecular weight is 239 g/mol. The van der Waals surface area contributed by atoms with Crippen molar-refractivity contribution in [3.63, 3.8) is 0 Å². The minimum atomic E-state index is -0.384. The highest BCUT2D eigenvalue weighted by Gasteiger charge is 2.25. The molecule has 5 heteroatoms. The van der Waals surface area contributed by atoms with Crippen LogP contribution >= 0.6 is 0 Å². The van der Waals surface area contributed by atoms with Gasteiger partial charge in [0.2, 0.25) is 0 Å². The van der Waals surface area contributed by atoms with Crippen LogP contribution in [0.15, 0.2) is 12.3 Å². The number of nitrogens with zero attached hydrogens (tertiary/aromatic N) is 1. The van der Waals surface area contributed by atoms with Gasteiger partial charge in [0.25, 0.3) is 5.91 Å². The molecule has 0 aliphatic carbocycles. The van der Waals surface area contributed by atoms with E-state index in [2.05, 4.69) is 5.32 Å². The maximum absolute atomic E-state index is 12.1. The van der Waals surface area contributed by atoms with Crippen LogP contribution in [0.1, 0.15) is 37.2 Å². The monoisotopic (exact) mass is 239 g/mol. The Balaban J connectivity index is 2.81. The number of anilines is 1. The molecule has 1 aromatic heterocycles. The molecule has 0 bridgehead atoms. The maximum Gasteiger partial charge on any atom is 0.268 e. The second kappa shape index (κ2) is 5.23. The number of carbonyl (C=O) groups excluding carboxylic acids is 1. The lowest BCUT2D eigenvalue weighted by Crippen LogP contribution is -2.46. The number of aryl methyl sites for hydroxylation is 1. The molecule has 0 aromatic carbocycles. The summed E-state index contributed by atoms with van der Waals surface area (Å²) in [4.78, 5) is 12.1. The standard InChI is InChI=1S/C12H21N3O2/c1-4-12(2,5-6-16)14-11(17)10-7-9(13)8-15(10)3/h7-8,16H,4-6,13H2,1-3H3,(H,14,17). The fraction of sp³-hybridized carbons (Fsp3) is 0.583. The number of aromatic nitrogens is 1. The molecule has 1 rings (SSSR count). The van der Waals surface area contributed by atoms with Gasteiger partial charge in [0.05, 0.1) is 5.69 Å². The molecule has 1 atom stereocenters. The Hall–Kier alpha value is -1.49. The summed E-state index contributed by atoms with van der Waals surface area (Å²) in [6.07, 6.45) is 3.00. The zero-order chi connectivity index (χ0) is 13.1.